The number of rotatable bonds is 6. The van der Waals surface area contributed by atoms with Crippen LogP contribution in [0.5, 0.6) is 0 Å². The fourth-order valence-corrected chi connectivity index (χ4v) is 9.19. The van der Waals surface area contributed by atoms with Gasteiger partial charge in [-0.25, -0.2) is 0 Å². The smallest absolute Gasteiger partial charge is 0.307 e. The fraction of sp³-hybridized carbons (Fsp3) is 0.679. The highest BCUT2D eigenvalue weighted by Crippen LogP contribution is 2.52. The number of sulfonamides is 1. The summed E-state index contributed by atoms with van der Waals surface area (Å²) in [6, 6.07) is 7.05. The summed E-state index contributed by atoms with van der Waals surface area (Å²) in [5.41, 5.74) is 0.699. The number of carboxylic acids is 1. The van der Waals surface area contributed by atoms with Gasteiger partial charge in [0.15, 0.2) is 5.84 Å². The van der Waals surface area contributed by atoms with Crippen LogP contribution in [0.2, 0.25) is 0 Å². The van der Waals surface area contributed by atoms with Crippen LogP contribution in [0.4, 0.5) is 0 Å². The van der Waals surface area contributed by atoms with Crippen LogP contribution in [-0.4, -0.2) is 80.3 Å². The van der Waals surface area contributed by atoms with Crippen LogP contribution in [0.25, 0.3) is 0 Å². The molecule has 2 bridgehead atoms. The molecule has 3 aliphatic carbocycles. The summed E-state index contributed by atoms with van der Waals surface area (Å²) in [6.07, 6.45) is 7.42. The van der Waals surface area contributed by atoms with E-state index < -0.39 is 21.9 Å². The number of carboxylic acid groups (broad SMARTS) is 1. The Labute approximate surface area is 224 Å². The third kappa shape index (κ3) is 4.74. The summed E-state index contributed by atoms with van der Waals surface area (Å²) in [4.78, 5) is 29.9. The van der Waals surface area contributed by atoms with Gasteiger partial charge in [-0.3, -0.25) is 14.5 Å². The number of piperazine rings is 1. The zero-order valence-corrected chi connectivity index (χ0v) is 22.6. The third-order valence-corrected chi connectivity index (χ3v) is 11.2. The van der Waals surface area contributed by atoms with E-state index >= 15 is 0 Å². The van der Waals surface area contributed by atoms with Crippen molar-refractivity contribution in [3.63, 3.8) is 0 Å². The van der Waals surface area contributed by atoms with Gasteiger partial charge in [-0.1, -0.05) is 25.0 Å². The van der Waals surface area contributed by atoms with Crippen molar-refractivity contribution in [1.82, 2.24) is 15.1 Å². The zero-order valence-electron chi connectivity index (χ0n) is 21.8. The second kappa shape index (κ2) is 10.3. The summed E-state index contributed by atoms with van der Waals surface area (Å²) >= 11 is 0. The first-order valence-corrected chi connectivity index (χ1v) is 15.7. The van der Waals surface area contributed by atoms with E-state index in [2.05, 4.69) is 19.5 Å². The van der Waals surface area contributed by atoms with Crippen LogP contribution in [0.1, 0.15) is 50.5 Å². The number of hydrogen-bond donors (Lipinski definition) is 2. The standard InChI is InChI=1S/C28H38N4O5S/c33-27(24-18-9-10-19(15-18)25(24)28(34)35)29-16-20-5-1-2-6-21(20)17-31-11-13-32(14-12-31)26-22-7-3-4-8-23(22)38(36,37)30-26/h3-4,7-8,18-21,24-25H,1-2,5-6,9-17H2,(H,29,33)(H,34,35). The van der Waals surface area contributed by atoms with Crippen molar-refractivity contribution in [2.24, 2.45) is 39.9 Å². The summed E-state index contributed by atoms with van der Waals surface area (Å²) in [6.45, 7) is 4.77. The molecule has 4 fully saturated rings. The molecule has 9 nitrogen and oxygen atoms in total. The van der Waals surface area contributed by atoms with Gasteiger partial charge in [0.05, 0.1) is 11.8 Å². The first-order chi connectivity index (χ1) is 18.3. The van der Waals surface area contributed by atoms with Gasteiger partial charge in [0.25, 0.3) is 10.0 Å². The number of nitrogens with one attached hydrogen (secondary N) is 1. The summed E-state index contributed by atoms with van der Waals surface area (Å²) in [7, 11) is -3.61. The molecular formula is C28H38N4O5S. The number of hydrogen-bond acceptors (Lipinski definition) is 6. The molecule has 6 rings (SSSR count). The lowest BCUT2D eigenvalue weighted by Crippen LogP contribution is -2.51. The van der Waals surface area contributed by atoms with Gasteiger partial charge in [0, 0.05) is 44.8 Å². The number of amides is 1. The van der Waals surface area contributed by atoms with Gasteiger partial charge in [-0.05, 0) is 67.9 Å². The molecule has 6 unspecified atom stereocenters. The van der Waals surface area contributed by atoms with Crippen molar-refractivity contribution in [1.29, 1.82) is 0 Å². The van der Waals surface area contributed by atoms with E-state index in [0.717, 1.165) is 64.8 Å². The molecule has 206 valence electrons. The van der Waals surface area contributed by atoms with E-state index in [1.807, 2.05) is 12.1 Å². The van der Waals surface area contributed by atoms with Crippen LogP contribution in [0.3, 0.4) is 0 Å². The first kappa shape index (κ1) is 25.8. The average molecular weight is 543 g/mol. The maximum Gasteiger partial charge on any atom is 0.307 e. The molecule has 2 aliphatic heterocycles. The van der Waals surface area contributed by atoms with Crippen molar-refractivity contribution in [2.45, 2.75) is 49.8 Å². The maximum atomic E-state index is 13.1. The number of carbonyl (C=O) groups is 2. The van der Waals surface area contributed by atoms with Gasteiger partial charge in [-0.15, -0.1) is 4.40 Å². The molecule has 2 N–H and O–H groups in total. The van der Waals surface area contributed by atoms with Gasteiger partial charge in [-0.2, -0.15) is 8.42 Å². The molecule has 1 aromatic carbocycles. The largest absolute Gasteiger partial charge is 0.481 e. The molecule has 2 heterocycles. The van der Waals surface area contributed by atoms with Gasteiger partial charge in [0.1, 0.15) is 4.90 Å². The molecule has 10 heteroatoms. The Morgan fingerprint density at radius 2 is 1.63 bits per heavy atom. The summed E-state index contributed by atoms with van der Waals surface area (Å²) < 4.78 is 29.0. The van der Waals surface area contributed by atoms with Crippen LogP contribution in [0.15, 0.2) is 33.6 Å². The molecule has 0 spiro atoms. The Morgan fingerprint density at radius 1 is 0.947 bits per heavy atom. The Bertz CT molecular complexity index is 1230. The molecule has 3 saturated carbocycles. The third-order valence-electron chi connectivity index (χ3n) is 9.89. The minimum absolute atomic E-state index is 0.0462. The van der Waals surface area contributed by atoms with Crippen molar-refractivity contribution < 1.29 is 23.1 Å². The highest BCUT2D eigenvalue weighted by atomic mass is 32.2. The van der Waals surface area contributed by atoms with Crippen LogP contribution < -0.4 is 5.32 Å². The van der Waals surface area contributed by atoms with E-state index in [-0.39, 0.29) is 23.7 Å². The number of fused-ring (bicyclic) bond motifs is 3. The van der Waals surface area contributed by atoms with Gasteiger partial charge in [0.2, 0.25) is 5.91 Å². The molecule has 1 saturated heterocycles. The molecule has 5 aliphatic rings. The average Bonchev–Trinajstić information content (AvgIpc) is 3.61. The monoisotopic (exact) mass is 542 g/mol. The maximum absolute atomic E-state index is 13.1. The number of nitrogens with zero attached hydrogens (tertiary/aromatic N) is 3. The van der Waals surface area contributed by atoms with E-state index in [1.165, 1.54) is 12.8 Å². The van der Waals surface area contributed by atoms with Crippen molar-refractivity contribution in [2.75, 3.05) is 39.3 Å². The molecule has 6 atom stereocenters. The highest BCUT2D eigenvalue weighted by molar-refractivity contribution is 7.90. The molecule has 1 aromatic rings. The number of amidine groups is 1. The molecule has 1 amide bonds. The predicted octanol–water partition coefficient (Wildman–Crippen LogP) is 2.42. The summed E-state index contributed by atoms with van der Waals surface area (Å²) in [5.74, 6) is 0.127. The van der Waals surface area contributed by atoms with Crippen molar-refractivity contribution in [3.8, 4) is 0 Å². The lowest BCUT2D eigenvalue weighted by Gasteiger charge is -2.40. The summed E-state index contributed by atoms with van der Waals surface area (Å²) in [5, 5.41) is 12.9. The highest BCUT2D eigenvalue weighted by Gasteiger charge is 2.54. The van der Waals surface area contributed by atoms with Crippen LogP contribution in [-0.2, 0) is 19.6 Å². The molecule has 0 aromatic heterocycles. The Balaban J connectivity index is 1.03. The first-order valence-electron chi connectivity index (χ1n) is 14.2. The van der Waals surface area contributed by atoms with E-state index in [1.54, 1.807) is 12.1 Å². The Kier molecular flexibility index (Phi) is 6.97. The van der Waals surface area contributed by atoms with E-state index in [9.17, 15) is 23.1 Å². The van der Waals surface area contributed by atoms with E-state index in [0.29, 0.717) is 34.7 Å². The second-order valence-corrected chi connectivity index (χ2v) is 13.5. The normalized spacial score (nSPS) is 34.1. The zero-order chi connectivity index (χ0) is 26.4. The second-order valence-electron chi connectivity index (χ2n) is 11.9. The van der Waals surface area contributed by atoms with E-state index in [4.69, 9.17) is 0 Å². The van der Waals surface area contributed by atoms with Gasteiger partial charge < -0.3 is 15.3 Å². The van der Waals surface area contributed by atoms with Crippen LogP contribution in [0, 0.1) is 35.5 Å². The predicted molar refractivity (Wildman–Crippen MR) is 142 cm³/mol. The van der Waals surface area contributed by atoms with Crippen molar-refractivity contribution in [3.05, 3.63) is 29.8 Å². The molecule has 0 radical (unpaired) electrons. The minimum Gasteiger partial charge on any atom is -0.481 e. The number of carbonyl (C=O) groups excluding carboxylic acids is 1. The van der Waals surface area contributed by atoms with Crippen LogP contribution >= 0.6 is 0 Å². The Hall–Kier alpha value is -2.46. The van der Waals surface area contributed by atoms with Crippen molar-refractivity contribution >= 4 is 27.7 Å². The van der Waals surface area contributed by atoms with Gasteiger partial charge >= 0.3 is 5.97 Å². The molecular weight excluding hydrogens is 504 g/mol. The SMILES string of the molecule is O=C(O)C1C2CCC(C2)C1C(=O)NCC1CCCCC1CN1CCN(C2=NS(=O)(=O)c3ccccc32)CC1. The minimum atomic E-state index is -3.61. The molecule has 38 heavy (non-hydrogen) atoms. The lowest BCUT2D eigenvalue weighted by molar-refractivity contribution is -0.149. The Morgan fingerprint density at radius 3 is 2.37 bits per heavy atom. The lowest BCUT2D eigenvalue weighted by atomic mass is 9.77. The number of benzene rings is 1. The topological polar surface area (TPSA) is 119 Å². The fourth-order valence-electron chi connectivity index (χ4n) is 7.96. The quantitative estimate of drug-likeness (QED) is 0.567. The number of aliphatic carboxylic acids is 1.